The molecule has 0 unspecified atom stereocenters. The molecule has 1 heterocycles. The molecule has 176 valence electrons. The van der Waals surface area contributed by atoms with Crippen LogP contribution < -0.4 is 4.74 Å². The zero-order valence-corrected chi connectivity index (χ0v) is 19.7. The molecule has 0 aliphatic carbocycles. The van der Waals surface area contributed by atoms with Crippen molar-refractivity contribution in [2.45, 2.75) is 31.5 Å². The van der Waals surface area contributed by atoms with Crippen LogP contribution in [0.5, 0.6) is 5.88 Å². The molecule has 6 nitrogen and oxygen atoms in total. The van der Waals surface area contributed by atoms with Gasteiger partial charge in [0.15, 0.2) is 9.84 Å². The van der Waals surface area contributed by atoms with Crippen molar-refractivity contribution in [2.24, 2.45) is 7.05 Å². The van der Waals surface area contributed by atoms with E-state index >= 15 is 0 Å². The lowest BCUT2D eigenvalue weighted by Gasteiger charge is -2.14. The molecule has 11 heteroatoms. The Morgan fingerprint density at radius 2 is 1.85 bits per heavy atom. The van der Waals surface area contributed by atoms with Crippen LogP contribution in [0.15, 0.2) is 41.4 Å². The third-order valence-corrected chi connectivity index (χ3v) is 6.86. The molecule has 0 saturated heterocycles. The zero-order valence-electron chi connectivity index (χ0n) is 18.1. The molecule has 2 aromatic carbocycles. The van der Waals surface area contributed by atoms with E-state index in [1.165, 1.54) is 43.0 Å². The topological polar surface area (TPSA) is 78.3 Å². The van der Waals surface area contributed by atoms with Crippen molar-refractivity contribution in [1.82, 2.24) is 9.78 Å². The maximum atomic E-state index is 13.2. The lowest BCUT2D eigenvalue weighted by molar-refractivity contribution is -0.137. The van der Waals surface area contributed by atoms with Crippen molar-refractivity contribution in [3.8, 4) is 5.88 Å². The number of hydrogen-bond donors (Lipinski definition) is 0. The van der Waals surface area contributed by atoms with E-state index in [0.717, 1.165) is 18.4 Å². The molecule has 3 aromatic rings. The Kier molecular flexibility index (Phi) is 6.63. The number of benzene rings is 2. The number of aromatic nitrogens is 2. The van der Waals surface area contributed by atoms with Gasteiger partial charge in [0.1, 0.15) is 12.2 Å². The number of hydrogen-bond acceptors (Lipinski definition) is 5. The number of aryl methyl sites for hydroxylation is 2. The van der Waals surface area contributed by atoms with Gasteiger partial charge in [-0.05, 0) is 48.7 Å². The first-order valence-corrected chi connectivity index (χ1v) is 11.8. The average molecular weight is 501 g/mol. The second kappa shape index (κ2) is 8.83. The van der Waals surface area contributed by atoms with Crippen LogP contribution >= 0.6 is 11.6 Å². The molecule has 0 radical (unpaired) electrons. The first-order chi connectivity index (χ1) is 15.2. The molecule has 33 heavy (non-hydrogen) atoms. The SMILES string of the molecule is Cc1cc(C(=O)c2cnn(C)c2OCc2cccc(C(F)(F)F)c2)c(Cl)c(C)c1S(C)(=O)=O. The number of rotatable bonds is 6. The van der Waals surface area contributed by atoms with Gasteiger partial charge in [0, 0.05) is 18.9 Å². The maximum Gasteiger partial charge on any atom is 0.416 e. The van der Waals surface area contributed by atoms with Crippen LogP contribution in [0, 0.1) is 13.8 Å². The summed E-state index contributed by atoms with van der Waals surface area (Å²) < 4.78 is 70.0. The molecule has 1 aromatic heterocycles. The Bertz CT molecular complexity index is 1350. The van der Waals surface area contributed by atoms with Crippen LogP contribution in [-0.2, 0) is 29.7 Å². The molecule has 0 aliphatic heterocycles. The fraction of sp³-hybridized carbons (Fsp3) is 0.273. The fourth-order valence-corrected chi connectivity index (χ4v) is 5.16. The van der Waals surface area contributed by atoms with E-state index in [0.29, 0.717) is 5.56 Å². The molecule has 0 amide bonds. The zero-order chi connectivity index (χ0) is 24.7. The van der Waals surface area contributed by atoms with E-state index in [-0.39, 0.29) is 44.7 Å². The quantitative estimate of drug-likeness (QED) is 0.449. The lowest BCUT2D eigenvalue weighted by Crippen LogP contribution is -2.11. The van der Waals surface area contributed by atoms with Crippen molar-refractivity contribution in [3.63, 3.8) is 0 Å². The summed E-state index contributed by atoms with van der Waals surface area (Å²) in [6.45, 7) is 2.84. The maximum absolute atomic E-state index is 13.2. The highest BCUT2D eigenvalue weighted by molar-refractivity contribution is 7.90. The number of carbonyl (C=O) groups is 1. The van der Waals surface area contributed by atoms with E-state index in [1.807, 2.05) is 0 Å². The van der Waals surface area contributed by atoms with Crippen molar-refractivity contribution in [3.05, 3.63) is 74.9 Å². The smallest absolute Gasteiger partial charge is 0.416 e. The predicted molar refractivity (Wildman–Crippen MR) is 116 cm³/mol. The number of alkyl halides is 3. The van der Waals surface area contributed by atoms with E-state index in [9.17, 15) is 26.4 Å². The molecule has 0 spiro atoms. The molecular weight excluding hydrogens is 481 g/mol. The van der Waals surface area contributed by atoms with E-state index in [2.05, 4.69) is 5.10 Å². The second-order valence-electron chi connectivity index (χ2n) is 7.58. The third-order valence-electron chi connectivity index (χ3n) is 5.00. The van der Waals surface area contributed by atoms with Gasteiger partial charge < -0.3 is 4.74 Å². The number of ketones is 1. The minimum absolute atomic E-state index is 0.0151. The van der Waals surface area contributed by atoms with Crippen LogP contribution in [0.4, 0.5) is 13.2 Å². The van der Waals surface area contributed by atoms with Crippen LogP contribution in [-0.4, -0.2) is 30.2 Å². The van der Waals surface area contributed by atoms with Crippen molar-refractivity contribution >= 4 is 27.2 Å². The standard InChI is InChI=1S/C22H20ClF3N2O4S/c1-12-8-16(18(23)13(2)20(12)33(4,30)31)19(29)17-10-27-28(3)21(17)32-11-14-6-5-7-15(9-14)22(24,25)26/h5-10H,11H2,1-4H3. The van der Waals surface area contributed by atoms with Gasteiger partial charge in [-0.3, -0.25) is 4.79 Å². The summed E-state index contributed by atoms with van der Waals surface area (Å²) in [6.07, 6.45) is -2.18. The van der Waals surface area contributed by atoms with Gasteiger partial charge in [-0.15, -0.1) is 0 Å². The van der Waals surface area contributed by atoms with E-state index < -0.39 is 27.4 Å². The molecule has 3 rings (SSSR count). The Morgan fingerprint density at radius 3 is 2.45 bits per heavy atom. The third kappa shape index (κ3) is 5.06. The van der Waals surface area contributed by atoms with Crippen molar-refractivity contribution < 1.29 is 31.1 Å². The summed E-state index contributed by atoms with van der Waals surface area (Å²) in [7, 11) is -2.05. The molecular formula is C22H20ClF3N2O4S. The van der Waals surface area contributed by atoms with Crippen LogP contribution in [0.3, 0.4) is 0 Å². The molecule has 0 N–H and O–H groups in total. The van der Waals surface area contributed by atoms with E-state index in [4.69, 9.17) is 16.3 Å². The Morgan fingerprint density at radius 1 is 1.18 bits per heavy atom. The van der Waals surface area contributed by atoms with Gasteiger partial charge in [0.25, 0.3) is 0 Å². The summed E-state index contributed by atoms with van der Waals surface area (Å²) in [4.78, 5) is 13.3. The normalized spacial score (nSPS) is 12.1. The lowest BCUT2D eigenvalue weighted by atomic mass is 10.0. The first kappa shape index (κ1) is 24.8. The summed E-state index contributed by atoms with van der Waals surface area (Å²) >= 11 is 6.35. The molecule has 0 aliphatic rings. The monoisotopic (exact) mass is 500 g/mol. The van der Waals surface area contributed by atoms with Crippen LogP contribution in [0.25, 0.3) is 0 Å². The van der Waals surface area contributed by atoms with Gasteiger partial charge in [0.05, 0.1) is 21.7 Å². The number of nitrogens with zero attached hydrogens (tertiary/aromatic N) is 2. The summed E-state index contributed by atoms with van der Waals surface area (Å²) in [5, 5.41) is 4.00. The number of carbonyl (C=O) groups excluding carboxylic acids is 1. The summed E-state index contributed by atoms with van der Waals surface area (Å²) in [5.74, 6) is -0.519. The van der Waals surface area contributed by atoms with Crippen LogP contribution in [0.2, 0.25) is 5.02 Å². The number of ether oxygens (including phenoxy) is 1. The molecule has 0 saturated carbocycles. The van der Waals surface area contributed by atoms with Crippen molar-refractivity contribution in [2.75, 3.05) is 6.26 Å². The van der Waals surface area contributed by atoms with Gasteiger partial charge in [-0.1, -0.05) is 23.7 Å². The molecule has 0 atom stereocenters. The highest BCUT2D eigenvalue weighted by Gasteiger charge is 2.30. The predicted octanol–water partition coefficient (Wildman–Crippen LogP) is 4.92. The van der Waals surface area contributed by atoms with Gasteiger partial charge in [-0.2, -0.15) is 18.3 Å². The molecule has 0 bridgehead atoms. The Hall–Kier alpha value is -2.85. The Labute approximate surface area is 193 Å². The highest BCUT2D eigenvalue weighted by Crippen LogP contribution is 2.34. The Balaban J connectivity index is 1.96. The number of halogens is 4. The fourth-order valence-electron chi connectivity index (χ4n) is 3.57. The highest BCUT2D eigenvalue weighted by atomic mass is 35.5. The first-order valence-electron chi connectivity index (χ1n) is 9.57. The molecule has 0 fully saturated rings. The van der Waals surface area contributed by atoms with Crippen molar-refractivity contribution in [1.29, 1.82) is 0 Å². The number of sulfone groups is 1. The largest absolute Gasteiger partial charge is 0.472 e. The summed E-state index contributed by atoms with van der Waals surface area (Å²) in [6, 6.07) is 6.05. The minimum atomic E-state index is -4.49. The van der Waals surface area contributed by atoms with Crippen LogP contribution in [0.1, 0.15) is 38.2 Å². The minimum Gasteiger partial charge on any atom is -0.472 e. The average Bonchev–Trinajstić information content (AvgIpc) is 3.07. The van der Waals surface area contributed by atoms with Gasteiger partial charge >= 0.3 is 6.18 Å². The second-order valence-corrected chi connectivity index (χ2v) is 9.91. The van der Waals surface area contributed by atoms with E-state index in [1.54, 1.807) is 6.92 Å². The van der Waals surface area contributed by atoms with Gasteiger partial charge in [0.2, 0.25) is 11.7 Å². The van der Waals surface area contributed by atoms with Gasteiger partial charge in [-0.25, -0.2) is 13.1 Å². The summed E-state index contributed by atoms with van der Waals surface area (Å²) in [5.41, 5.74) is 0.157.